The van der Waals surface area contributed by atoms with Crippen LogP contribution in [0.15, 0.2) is 60.7 Å². The number of rotatable bonds is 8. The number of hydrogen-bond acceptors (Lipinski definition) is 6. The van der Waals surface area contributed by atoms with Gasteiger partial charge in [0.2, 0.25) is 10.0 Å². The van der Waals surface area contributed by atoms with E-state index in [9.17, 15) is 13.2 Å². The number of anilines is 1. The molecule has 1 aromatic heterocycles. The maximum absolute atomic E-state index is 12.4. The summed E-state index contributed by atoms with van der Waals surface area (Å²) in [6, 6.07) is 20.7. The Morgan fingerprint density at radius 1 is 1.10 bits per heavy atom. The fourth-order valence-corrected chi connectivity index (χ4v) is 5.12. The molecular weight excluding hydrogens is 430 g/mol. The number of sulfonamides is 1. The molecule has 0 radical (unpaired) electrons. The third kappa shape index (κ3) is 5.14. The standard InChI is InChI=1S/C23H25N3O3S2/c1-17-20(21(27)25-31(2,28)29)24-22(30-17)26(15-18-9-5-3-6-10-18)16-23(13-14-23)19-11-7-4-8-12-19/h3-12H,13-16H2,1-2H3,(H,25,27). The van der Waals surface area contributed by atoms with Crippen LogP contribution in [0, 0.1) is 6.92 Å². The molecule has 1 N–H and O–H groups in total. The van der Waals surface area contributed by atoms with E-state index in [1.165, 1.54) is 16.9 Å². The second-order valence-corrected chi connectivity index (χ2v) is 11.0. The van der Waals surface area contributed by atoms with Gasteiger partial charge in [-0.15, -0.1) is 11.3 Å². The van der Waals surface area contributed by atoms with Gasteiger partial charge in [-0.1, -0.05) is 60.7 Å². The molecule has 3 aromatic rings. The van der Waals surface area contributed by atoms with Crippen LogP contribution in [0.1, 0.15) is 39.3 Å². The van der Waals surface area contributed by atoms with Crippen molar-refractivity contribution in [1.29, 1.82) is 0 Å². The van der Waals surface area contributed by atoms with Crippen LogP contribution >= 0.6 is 11.3 Å². The van der Waals surface area contributed by atoms with Gasteiger partial charge in [-0.25, -0.2) is 18.1 Å². The molecule has 0 unspecified atom stereocenters. The van der Waals surface area contributed by atoms with E-state index >= 15 is 0 Å². The summed E-state index contributed by atoms with van der Waals surface area (Å²) in [5, 5.41) is 0.724. The van der Waals surface area contributed by atoms with Gasteiger partial charge in [0.15, 0.2) is 5.13 Å². The van der Waals surface area contributed by atoms with E-state index in [0.717, 1.165) is 36.3 Å². The number of hydrogen-bond donors (Lipinski definition) is 1. The van der Waals surface area contributed by atoms with Gasteiger partial charge in [0.05, 0.1) is 6.26 Å². The lowest BCUT2D eigenvalue weighted by Gasteiger charge is -2.28. The Labute approximate surface area is 187 Å². The van der Waals surface area contributed by atoms with Crippen LogP contribution in [0.25, 0.3) is 0 Å². The number of nitrogens with one attached hydrogen (secondary N) is 1. The number of carbonyl (C=O) groups excluding carboxylic acids is 1. The molecule has 162 valence electrons. The topological polar surface area (TPSA) is 79.4 Å². The second-order valence-electron chi connectivity index (χ2n) is 8.09. The van der Waals surface area contributed by atoms with Gasteiger partial charge in [0.25, 0.3) is 5.91 Å². The number of aryl methyl sites for hydroxylation is 1. The number of carbonyl (C=O) groups is 1. The smallest absolute Gasteiger partial charge is 0.284 e. The van der Waals surface area contributed by atoms with E-state index in [4.69, 9.17) is 0 Å². The highest BCUT2D eigenvalue weighted by atomic mass is 32.2. The lowest BCUT2D eigenvalue weighted by Crippen LogP contribution is -2.33. The molecule has 0 aliphatic heterocycles. The normalized spacial score (nSPS) is 14.8. The van der Waals surface area contributed by atoms with Gasteiger partial charge in [-0.3, -0.25) is 4.79 Å². The van der Waals surface area contributed by atoms with E-state index in [0.29, 0.717) is 11.4 Å². The number of nitrogens with zero attached hydrogens (tertiary/aromatic N) is 2. The maximum atomic E-state index is 12.4. The third-order valence-electron chi connectivity index (χ3n) is 5.50. The van der Waals surface area contributed by atoms with Gasteiger partial charge in [0.1, 0.15) is 5.69 Å². The lowest BCUT2D eigenvalue weighted by atomic mass is 9.95. The Hall–Kier alpha value is -2.71. The quantitative estimate of drug-likeness (QED) is 0.558. The highest BCUT2D eigenvalue weighted by Crippen LogP contribution is 2.49. The molecule has 0 spiro atoms. The van der Waals surface area contributed by atoms with E-state index in [-0.39, 0.29) is 11.1 Å². The minimum Gasteiger partial charge on any atom is -0.343 e. The van der Waals surface area contributed by atoms with Crippen LogP contribution < -0.4 is 9.62 Å². The Morgan fingerprint density at radius 2 is 1.71 bits per heavy atom. The zero-order valence-corrected chi connectivity index (χ0v) is 19.2. The maximum Gasteiger partial charge on any atom is 0.284 e. The Bertz CT molecular complexity index is 1170. The first kappa shape index (κ1) is 21.5. The summed E-state index contributed by atoms with van der Waals surface area (Å²) in [4.78, 5) is 19.9. The Balaban J connectivity index is 1.65. The van der Waals surface area contributed by atoms with Crippen LogP contribution in [-0.4, -0.2) is 32.1 Å². The summed E-state index contributed by atoms with van der Waals surface area (Å²) in [6.45, 7) is 3.24. The molecule has 4 rings (SSSR count). The Kier molecular flexibility index (Phi) is 5.85. The molecule has 6 nitrogen and oxygen atoms in total. The molecule has 1 aliphatic carbocycles. The largest absolute Gasteiger partial charge is 0.343 e. The predicted molar refractivity (Wildman–Crippen MR) is 124 cm³/mol. The van der Waals surface area contributed by atoms with Gasteiger partial charge in [-0.05, 0) is 30.9 Å². The molecule has 1 aliphatic rings. The summed E-state index contributed by atoms with van der Waals surface area (Å²) in [5.41, 5.74) is 2.70. The first-order valence-corrected chi connectivity index (χ1v) is 12.8. The van der Waals surface area contributed by atoms with Gasteiger partial charge in [0, 0.05) is 23.4 Å². The zero-order chi connectivity index (χ0) is 22.1. The third-order valence-corrected chi connectivity index (χ3v) is 7.09. The highest BCUT2D eigenvalue weighted by molar-refractivity contribution is 7.89. The van der Waals surface area contributed by atoms with E-state index in [1.54, 1.807) is 6.92 Å². The van der Waals surface area contributed by atoms with Gasteiger partial charge < -0.3 is 4.90 Å². The SMILES string of the molecule is Cc1sc(N(Cc2ccccc2)CC2(c3ccccc3)CC2)nc1C(=O)NS(C)(=O)=O. The van der Waals surface area contributed by atoms with Gasteiger partial charge >= 0.3 is 0 Å². The molecule has 1 fully saturated rings. The van der Waals surface area contributed by atoms with Crippen molar-refractivity contribution in [3.8, 4) is 0 Å². The van der Waals surface area contributed by atoms with Gasteiger partial charge in [-0.2, -0.15) is 0 Å². The van der Waals surface area contributed by atoms with Crippen molar-refractivity contribution in [3.63, 3.8) is 0 Å². The van der Waals surface area contributed by atoms with Crippen LogP contribution in [0.4, 0.5) is 5.13 Å². The number of amides is 1. The number of benzene rings is 2. The summed E-state index contributed by atoms with van der Waals surface area (Å²) >= 11 is 1.42. The zero-order valence-electron chi connectivity index (χ0n) is 17.5. The lowest BCUT2D eigenvalue weighted by molar-refractivity contribution is 0.0977. The first-order chi connectivity index (χ1) is 14.8. The van der Waals surface area contributed by atoms with Crippen molar-refractivity contribution in [2.45, 2.75) is 31.7 Å². The summed E-state index contributed by atoms with van der Waals surface area (Å²) in [7, 11) is -3.65. The monoisotopic (exact) mass is 455 g/mol. The molecule has 0 bridgehead atoms. The summed E-state index contributed by atoms with van der Waals surface area (Å²) in [5.74, 6) is -0.689. The van der Waals surface area contributed by atoms with Crippen molar-refractivity contribution in [2.75, 3.05) is 17.7 Å². The molecule has 1 saturated carbocycles. The molecule has 8 heteroatoms. The predicted octanol–water partition coefficient (Wildman–Crippen LogP) is 3.88. The molecule has 2 aromatic carbocycles. The first-order valence-electron chi connectivity index (χ1n) is 10.1. The average Bonchev–Trinajstić information content (AvgIpc) is 3.41. The summed E-state index contributed by atoms with van der Waals surface area (Å²) in [6.07, 6.45) is 3.17. The summed E-state index contributed by atoms with van der Waals surface area (Å²) < 4.78 is 25.0. The van der Waals surface area contributed by atoms with Crippen molar-refractivity contribution < 1.29 is 13.2 Å². The molecule has 1 heterocycles. The molecular formula is C23H25N3O3S2. The van der Waals surface area contributed by atoms with Crippen LogP contribution in [-0.2, 0) is 22.0 Å². The van der Waals surface area contributed by atoms with E-state index in [2.05, 4.69) is 46.3 Å². The van der Waals surface area contributed by atoms with E-state index < -0.39 is 15.9 Å². The van der Waals surface area contributed by atoms with Crippen LogP contribution in [0.3, 0.4) is 0 Å². The fourth-order valence-electron chi connectivity index (χ4n) is 3.79. The molecule has 31 heavy (non-hydrogen) atoms. The number of aromatic nitrogens is 1. The van der Waals surface area contributed by atoms with Crippen molar-refractivity contribution in [2.24, 2.45) is 0 Å². The van der Waals surface area contributed by atoms with Crippen molar-refractivity contribution in [3.05, 3.63) is 82.4 Å². The number of thiazole rings is 1. The second kappa shape index (κ2) is 8.43. The molecule has 1 amide bonds. The van der Waals surface area contributed by atoms with Crippen molar-refractivity contribution in [1.82, 2.24) is 9.71 Å². The molecule has 0 saturated heterocycles. The average molecular weight is 456 g/mol. The highest BCUT2D eigenvalue weighted by Gasteiger charge is 2.45. The van der Waals surface area contributed by atoms with E-state index in [1.807, 2.05) is 29.0 Å². The minimum absolute atomic E-state index is 0.0742. The van der Waals surface area contributed by atoms with Crippen LogP contribution in [0.2, 0.25) is 0 Å². The minimum atomic E-state index is -3.65. The fraction of sp³-hybridized carbons (Fsp3) is 0.304. The van der Waals surface area contributed by atoms with Crippen molar-refractivity contribution >= 4 is 32.4 Å². The van der Waals surface area contributed by atoms with Crippen LogP contribution in [0.5, 0.6) is 0 Å². The Morgan fingerprint density at radius 3 is 2.29 bits per heavy atom. The molecule has 0 atom stereocenters.